The lowest BCUT2D eigenvalue weighted by Crippen LogP contribution is -2.20. The first-order valence-electron chi connectivity index (χ1n) is 6.99. The van der Waals surface area contributed by atoms with Gasteiger partial charge in [-0.15, -0.1) is 11.8 Å². The molecule has 1 amide bonds. The van der Waals surface area contributed by atoms with Crippen LogP contribution in [0.5, 0.6) is 0 Å². The smallest absolute Gasteiger partial charge is 0.335 e. The average molecular weight is 452 g/mol. The molecule has 0 aliphatic carbocycles. The van der Waals surface area contributed by atoms with Crippen LogP contribution in [0.3, 0.4) is 0 Å². The largest absolute Gasteiger partial charge is 0.446 e. The van der Waals surface area contributed by atoms with E-state index in [2.05, 4.69) is 25.9 Å². The summed E-state index contributed by atoms with van der Waals surface area (Å²) in [5, 5.41) is 0. The first-order chi connectivity index (χ1) is 11.7. The van der Waals surface area contributed by atoms with Crippen LogP contribution in [0.2, 0.25) is 0 Å². The summed E-state index contributed by atoms with van der Waals surface area (Å²) in [5.41, 5.74) is -3.91. The van der Waals surface area contributed by atoms with E-state index in [1.165, 1.54) is 47.9 Å². The molecule has 2 aromatic rings. The van der Waals surface area contributed by atoms with E-state index in [9.17, 15) is 18.0 Å². The van der Waals surface area contributed by atoms with Crippen LogP contribution in [0.15, 0.2) is 49.8 Å². The first-order valence-corrected chi connectivity index (χ1v) is 9.59. The standard InChI is InChI=1S/C15H13BrF3N3OS2/c1-3-24-11-6-9(16)7-20-13(11)14(23)21-12-5-4-10(8-22(12)2)25-15(17,18)19/h4-8H,3H2,1-2H3. The van der Waals surface area contributed by atoms with Crippen LogP contribution < -0.4 is 5.49 Å². The number of pyridine rings is 2. The van der Waals surface area contributed by atoms with Crippen molar-refractivity contribution in [2.75, 3.05) is 5.75 Å². The number of hydrogen-bond donors (Lipinski definition) is 0. The Hall–Kier alpha value is -1.26. The summed E-state index contributed by atoms with van der Waals surface area (Å²) in [5.74, 6) is 0.213. The minimum Gasteiger partial charge on any atom is -0.335 e. The number of hydrogen-bond acceptors (Lipinski definition) is 4. The van der Waals surface area contributed by atoms with E-state index in [1.807, 2.05) is 6.92 Å². The molecule has 2 heterocycles. The molecule has 0 fully saturated rings. The number of alkyl halides is 3. The Labute approximate surface area is 159 Å². The average Bonchev–Trinajstić information content (AvgIpc) is 2.49. The van der Waals surface area contributed by atoms with Crippen LogP contribution in [0, 0.1) is 0 Å². The van der Waals surface area contributed by atoms with Gasteiger partial charge in [0.2, 0.25) is 0 Å². The number of carbonyl (C=O) groups excluding carboxylic acids is 1. The van der Waals surface area contributed by atoms with Gasteiger partial charge in [0, 0.05) is 33.7 Å². The lowest BCUT2D eigenvalue weighted by Gasteiger charge is -2.08. The Morgan fingerprint density at radius 3 is 2.72 bits per heavy atom. The Bertz CT molecular complexity index is 853. The molecular formula is C15H13BrF3N3OS2. The monoisotopic (exact) mass is 451 g/mol. The first kappa shape index (κ1) is 20.1. The molecule has 2 rings (SSSR count). The van der Waals surface area contributed by atoms with E-state index >= 15 is 0 Å². The summed E-state index contributed by atoms with van der Waals surface area (Å²) in [6.45, 7) is 1.95. The second kappa shape index (κ2) is 8.41. The molecule has 0 aliphatic heterocycles. The zero-order chi connectivity index (χ0) is 18.6. The predicted molar refractivity (Wildman–Crippen MR) is 95.6 cm³/mol. The van der Waals surface area contributed by atoms with E-state index in [0.717, 1.165) is 10.2 Å². The van der Waals surface area contributed by atoms with Gasteiger partial charge in [0.25, 0.3) is 5.91 Å². The fourth-order valence-corrected chi connectivity index (χ4v) is 3.78. The normalized spacial score (nSPS) is 12.5. The summed E-state index contributed by atoms with van der Waals surface area (Å²) in [6.07, 6.45) is 2.78. The van der Waals surface area contributed by atoms with Gasteiger partial charge in [0.15, 0.2) is 0 Å². The van der Waals surface area contributed by atoms with Gasteiger partial charge >= 0.3 is 5.51 Å². The third kappa shape index (κ3) is 5.89. The lowest BCUT2D eigenvalue weighted by molar-refractivity contribution is -0.0328. The highest BCUT2D eigenvalue weighted by Gasteiger charge is 2.29. The topological polar surface area (TPSA) is 47.2 Å². The van der Waals surface area contributed by atoms with Gasteiger partial charge in [-0.3, -0.25) is 4.79 Å². The van der Waals surface area contributed by atoms with Crippen molar-refractivity contribution >= 4 is 45.4 Å². The molecule has 0 aliphatic rings. The van der Waals surface area contributed by atoms with Crippen molar-refractivity contribution in [3.05, 3.63) is 46.2 Å². The maximum atomic E-state index is 12.4. The molecule has 10 heteroatoms. The number of carbonyl (C=O) groups is 1. The van der Waals surface area contributed by atoms with Crippen LogP contribution >= 0.6 is 39.5 Å². The quantitative estimate of drug-likeness (QED) is 0.634. The van der Waals surface area contributed by atoms with E-state index in [1.54, 1.807) is 6.07 Å². The molecule has 0 bridgehead atoms. The van der Waals surface area contributed by atoms with Crippen LogP contribution in [0.1, 0.15) is 17.4 Å². The molecule has 134 valence electrons. The van der Waals surface area contributed by atoms with Gasteiger partial charge in [-0.1, -0.05) is 6.92 Å². The summed E-state index contributed by atoms with van der Waals surface area (Å²) in [4.78, 5) is 21.2. The lowest BCUT2D eigenvalue weighted by atomic mass is 10.3. The zero-order valence-electron chi connectivity index (χ0n) is 13.2. The van der Waals surface area contributed by atoms with Crippen LogP contribution in [0.25, 0.3) is 0 Å². The molecular weight excluding hydrogens is 439 g/mol. The second-order valence-electron chi connectivity index (χ2n) is 4.73. The Morgan fingerprint density at radius 2 is 2.12 bits per heavy atom. The van der Waals surface area contributed by atoms with Crippen LogP contribution in [0.4, 0.5) is 13.2 Å². The number of nitrogens with zero attached hydrogens (tertiary/aromatic N) is 3. The van der Waals surface area contributed by atoms with E-state index in [0.29, 0.717) is 4.90 Å². The number of halogens is 4. The predicted octanol–water partition coefficient (Wildman–Crippen LogP) is 4.65. The number of thioether (sulfide) groups is 2. The molecule has 0 radical (unpaired) electrons. The van der Waals surface area contributed by atoms with Crippen molar-refractivity contribution in [3.63, 3.8) is 0 Å². The number of aryl methyl sites for hydroxylation is 1. The fourth-order valence-electron chi connectivity index (χ4n) is 1.89. The molecule has 0 saturated carbocycles. The van der Waals surface area contributed by atoms with E-state index in [4.69, 9.17) is 0 Å². The second-order valence-corrected chi connectivity index (χ2v) is 8.09. The highest BCUT2D eigenvalue weighted by atomic mass is 79.9. The van der Waals surface area contributed by atoms with Gasteiger partial charge in [-0.25, -0.2) is 4.98 Å². The van der Waals surface area contributed by atoms with Gasteiger partial charge in [0.1, 0.15) is 11.2 Å². The molecule has 0 N–H and O–H groups in total. The molecule has 0 aromatic carbocycles. The van der Waals surface area contributed by atoms with Crippen LogP contribution in [-0.4, -0.2) is 26.7 Å². The summed E-state index contributed by atoms with van der Waals surface area (Å²) < 4.78 is 39.4. The van der Waals surface area contributed by atoms with E-state index < -0.39 is 11.4 Å². The van der Waals surface area contributed by atoms with E-state index in [-0.39, 0.29) is 27.8 Å². The molecule has 0 saturated heterocycles. The van der Waals surface area contributed by atoms with Gasteiger partial charge < -0.3 is 4.57 Å². The van der Waals surface area contributed by atoms with Crippen molar-refractivity contribution in [1.29, 1.82) is 0 Å². The highest BCUT2D eigenvalue weighted by molar-refractivity contribution is 9.10. The Balaban J connectivity index is 2.36. The maximum absolute atomic E-state index is 12.4. The van der Waals surface area contributed by atoms with Gasteiger partial charge in [0.05, 0.1) is 0 Å². The Kier molecular flexibility index (Phi) is 6.75. The van der Waals surface area contributed by atoms with Crippen molar-refractivity contribution in [1.82, 2.24) is 9.55 Å². The molecule has 0 atom stereocenters. The van der Waals surface area contributed by atoms with Crippen molar-refractivity contribution < 1.29 is 18.0 Å². The van der Waals surface area contributed by atoms with Crippen molar-refractivity contribution in [3.8, 4) is 0 Å². The van der Waals surface area contributed by atoms with Gasteiger partial charge in [-0.2, -0.15) is 18.2 Å². The van der Waals surface area contributed by atoms with Crippen LogP contribution in [-0.2, 0) is 7.05 Å². The molecule has 4 nitrogen and oxygen atoms in total. The Morgan fingerprint density at radius 1 is 1.40 bits per heavy atom. The number of amides is 1. The molecule has 0 spiro atoms. The maximum Gasteiger partial charge on any atom is 0.446 e. The van der Waals surface area contributed by atoms with Crippen molar-refractivity contribution in [2.45, 2.75) is 22.2 Å². The summed E-state index contributed by atoms with van der Waals surface area (Å²) in [7, 11) is 1.53. The fraction of sp³-hybridized carbons (Fsp3) is 0.267. The van der Waals surface area contributed by atoms with Gasteiger partial charge in [-0.05, 0) is 51.6 Å². The summed E-state index contributed by atoms with van der Waals surface area (Å²) in [6, 6.07) is 4.44. The molecule has 0 unspecified atom stereocenters. The molecule has 2 aromatic heterocycles. The number of aromatic nitrogens is 2. The zero-order valence-corrected chi connectivity index (χ0v) is 16.4. The minimum atomic E-state index is -4.37. The highest BCUT2D eigenvalue weighted by Crippen LogP contribution is 2.36. The SMILES string of the molecule is CCSc1cc(Br)cnc1C(=O)N=c1ccc(SC(F)(F)F)cn1C. The van der Waals surface area contributed by atoms with Crippen molar-refractivity contribution in [2.24, 2.45) is 12.0 Å². The number of rotatable bonds is 4. The summed E-state index contributed by atoms with van der Waals surface area (Å²) >= 11 is 4.55. The third-order valence-corrected chi connectivity index (χ3v) is 4.90. The minimum absolute atomic E-state index is 0.0189. The molecule has 25 heavy (non-hydrogen) atoms. The third-order valence-electron chi connectivity index (χ3n) is 2.85.